The first-order valence-electron chi connectivity index (χ1n) is 5.71. The molecule has 0 aliphatic heterocycles. The van der Waals surface area contributed by atoms with E-state index in [0.717, 1.165) is 12.8 Å². The molecule has 1 rings (SSSR count). The SMILES string of the molecule is CCCCN(C)S(=O)(=O)Nc1nc(Cl)cc(OC)n1. The highest BCUT2D eigenvalue weighted by molar-refractivity contribution is 7.90. The third kappa shape index (κ3) is 4.81. The van der Waals surface area contributed by atoms with Crippen molar-refractivity contribution in [1.82, 2.24) is 14.3 Å². The second kappa shape index (κ2) is 6.88. The molecule has 9 heteroatoms. The smallest absolute Gasteiger partial charge is 0.303 e. The zero-order valence-electron chi connectivity index (χ0n) is 11.1. The van der Waals surface area contributed by atoms with Crippen LogP contribution in [0, 0.1) is 0 Å². The van der Waals surface area contributed by atoms with E-state index in [4.69, 9.17) is 16.3 Å². The van der Waals surface area contributed by atoms with Crippen LogP contribution in [0.25, 0.3) is 0 Å². The molecule has 1 heterocycles. The molecule has 0 radical (unpaired) electrons. The Kier molecular flexibility index (Phi) is 5.77. The number of anilines is 1. The van der Waals surface area contributed by atoms with Crippen molar-refractivity contribution in [1.29, 1.82) is 0 Å². The lowest BCUT2D eigenvalue weighted by Crippen LogP contribution is -2.33. The van der Waals surface area contributed by atoms with E-state index < -0.39 is 10.2 Å². The van der Waals surface area contributed by atoms with E-state index in [1.54, 1.807) is 0 Å². The molecule has 0 spiro atoms. The summed E-state index contributed by atoms with van der Waals surface area (Å²) in [7, 11) is -0.790. The molecular weight excluding hydrogens is 292 g/mol. The molecule has 0 saturated carbocycles. The summed E-state index contributed by atoms with van der Waals surface area (Å²) < 4.78 is 32.3. The minimum absolute atomic E-state index is 0.0979. The summed E-state index contributed by atoms with van der Waals surface area (Å²) in [4.78, 5) is 7.65. The molecule has 0 amide bonds. The normalized spacial score (nSPS) is 11.6. The summed E-state index contributed by atoms with van der Waals surface area (Å²) >= 11 is 5.74. The summed E-state index contributed by atoms with van der Waals surface area (Å²) in [6.07, 6.45) is 1.68. The Labute approximate surface area is 118 Å². The Bertz CT molecular complexity index is 524. The minimum Gasteiger partial charge on any atom is -0.481 e. The van der Waals surface area contributed by atoms with Gasteiger partial charge in [-0.25, -0.2) is 9.71 Å². The average Bonchev–Trinajstić information content (AvgIpc) is 2.34. The summed E-state index contributed by atoms with van der Waals surface area (Å²) in [5, 5.41) is 0.0979. The molecule has 1 aromatic heterocycles. The van der Waals surface area contributed by atoms with Gasteiger partial charge >= 0.3 is 10.2 Å². The molecule has 0 aliphatic carbocycles. The predicted octanol–water partition coefficient (Wildman–Crippen LogP) is 1.53. The van der Waals surface area contributed by atoms with Gasteiger partial charge in [-0.15, -0.1) is 0 Å². The van der Waals surface area contributed by atoms with Crippen LogP contribution in [-0.2, 0) is 10.2 Å². The van der Waals surface area contributed by atoms with Crippen LogP contribution < -0.4 is 9.46 Å². The molecule has 0 aliphatic rings. The van der Waals surface area contributed by atoms with E-state index in [0.29, 0.717) is 6.54 Å². The van der Waals surface area contributed by atoms with E-state index in [2.05, 4.69) is 14.7 Å². The van der Waals surface area contributed by atoms with Crippen molar-refractivity contribution in [3.63, 3.8) is 0 Å². The second-order valence-corrected chi connectivity index (χ2v) is 6.00. The number of hydrogen-bond acceptors (Lipinski definition) is 5. The van der Waals surface area contributed by atoms with Gasteiger partial charge in [-0.2, -0.15) is 17.7 Å². The zero-order valence-corrected chi connectivity index (χ0v) is 12.6. The number of methoxy groups -OCH3 is 1. The Morgan fingerprint density at radius 3 is 2.74 bits per heavy atom. The predicted molar refractivity (Wildman–Crippen MR) is 73.7 cm³/mol. The largest absolute Gasteiger partial charge is 0.481 e. The number of nitrogens with zero attached hydrogens (tertiary/aromatic N) is 3. The monoisotopic (exact) mass is 308 g/mol. The Balaban J connectivity index is 2.85. The quantitative estimate of drug-likeness (QED) is 0.772. The minimum atomic E-state index is -3.68. The van der Waals surface area contributed by atoms with Gasteiger partial charge in [0.05, 0.1) is 7.11 Å². The third-order valence-electron chi connectivity index (χ3n) is 2.34. The van der Waals surface area contributed by atoms with Crippen molar-refractivity contribution in [2.75, 3.05) is 25.4 Å². The Morgan fingerprint density at radius 2 is 2.16 bits per heavy atom. The van der Waals surface area contributed by atoms with E-state index in [9.17, 15) is 8.42 Å². The van der Waals surface area contributed by atoms with E-state index >= 15 is 0 Å². The van der Waals surface area contributed by atoms with Crippen molar-refractivity contribution in [3.05, 3.63) is 11.2 Å². The molecule has 19 heavy (non-hydrogen) atoms. The van der Waals surface area contributed by atoms with E-state index in [1.807, 2.05) is 6.92 Å². The first-order valence-corrected chi connectivity index (χ1v) is 7.53. The molecule has 7 nitrogen and oxygen atoms in total. The fourth-order valence-corrected chi connectivity index (χ4v) is 2.26. The molecule has 1 aromatic rings. The molecular formula is C10H17ClN4O3S. The second-order valence-electron chi connectivity index (χ2n) is 3.84. The standard InChI is InChI=1S/C10H17ClN4O3S/c1-4-5-6-15(2)19(16,17)14-10-12-8(11)7-9(13-10)18-3/h7H,4-6H2,1-3H3,(H,12,13,14). The lowest BCUT2D eigenvalue weighted by atomic mass is 10.3. The van der Waals surface area contributed by atoms with Crippen molar-refractivity contribution in [2.45, 2.75) is 19.8 Å². The molecule has 0 unspecified atom stereocenters. The summed E-state index contributed by atoms with van der Waals surface area (Å²) in [5.74, 6) is 0.0709. The highest BCUT2D eigenvalue weighted by atomic mass is 35.5. The van der Waals surface area contributed by atoms with Crippen molar-refractivity contribution >= 4 is 27.8 Å². The molecule has 0 fully saturated rings. The van der Waals surface area contributed by atoms with Crippen LogP contribution in [0.4, 0.5) is 5.95 Å². The lowest BCUT2D eigenvalue weighted by Gasteiger charge is -2.17. The van der Waals surface area contributed by atoms with Crippen molar-refractivity contribution < 1.29 is 13.2 Å². The molecule has 108 valence electrons. The van der Waals surface area contributed by atoms with Crippen LogP contribution in [0.1, 0.15) is 19.8 Å². The topological polar surface area (TPSA) is 84.4 Å². The number of rotatable bonds is 7. The van der Waals surface area contributed by atoms with Gasteiger partial charge in [0.1, 0.15) is 5.15 Å². The molecule has 0 aromatic carbocycles. The maximum absolute atomic E-state index is 12.0. The fraction of sp³-hybridized carbons (Fsp3) is 0.600. The summed E-state index contributed by atoms with van der Waals surface area (Å²) in [6.45, 7) is 2.41. The van der Waals surface area contributed by atoms with Gasteiger partial charge in [-0.3, -0.25) is 0 Å². The highest BCUT2D eigenvalue weighted by Crippen LogP contribution is 2.17. The molecule has 1 N–H and O–H groups in total. The van der Waals surface area contributed by atoms with Gasteiger partial charge in [0, 0.05) is 19.7 Å². The highest BCUT2D eigenvalue weighted by Gasteiger charge is 2.19. The average molecular weight is 309 g/mol. The Morgan fingerprint density at radius 1 is 1.47 bits per heavy atom. The maximum Gasteiger partial charge on any atom is 0.303 e. The van der Waals surface area contributed by atoms with Gasteiger partial charge in [-0.05, 0) is 6.42 Å². The van der Waals surface area contributed by atoms with Gasteiger partial charge in [0.2, 0.25) is 11.8 Å². The number of hydrogen-bond donors (Lipinski definition) is 1. The number of ether oxygens (including phenoxy) is 1. The summed E-state index contributed by atoms with van der Waals surface area (Å²) in [6, 6.07) is 1.39. The van der Waals surface area contributed by atoms with Gasteiger partial charge < -0.3 is 4.74 Å². The van der Waals surface area contributed by atoms with Crippen LogP contribution in [0.3, 0.4) is 0 Å². The van der Waals surface area contributed by atoms with Crippen LogP contribution in [0.15, 0.2) is 6.07 Å². The first-order chi connectivity index (χ1) is 8.89. The van der Waals surface area contributed by atoms with Crippen molar-refractivity contribution in [3.8, 4) is 5.88 Å². The van der Waals surface area contributed by atoms with Crippen LogP contribution in [0.5, 0.6) is 5.88 Å². The zero-order chi connectivity index (χ0) is 14.5. The fourth-order valence-electron chi connectivity index (χ4n) is 1.24. The van der Waals surface area contributed by atoms with Crippen molar-refractivity contribution in [2.24, 2.45) is 0 Å². The van der Waals surface area contributed by atoms with Crippen LogP contribution >= 0.6 is 11.6 Å². The van der Waals surface area contributed by atoms with Crippen LogP contribution in [-0.4, -0.2) is 43.4 Å². The maximum atomic E-state index is 12.0. The van der Waals surface area contributed by atoms with Gasteiger partial charge in [0.15, 0.2) is 0 Å². The number of aromatic nitrogens is 2. The molecule has 0 saturated heterocycles. The molecule has 0 bridgehead atoms. The van der Waals surface area contributed by atoms with E-state index in [-0.39, 0.29) is 17.0 Å². The Hall–Kier alpha value is -1.12. The van der Waals surface area contributed by atoms with E-state index in [1.165, 1.54) is 24.5 Å². The first kappa shape index (κ1) is 15.9. The van der Waals surface area contributed by atoms with Gasteiger partial charge in [-0.1, -0.05) is 24.9 Å². The molecule has 0 atom stereocenters. The number of unbranched alkanes of at least 4 members (excludes halogenated alkanes) is 1. The lowest BCUT2D eigenvalue weighted by molar-refractivity contribution is 0.397. The summed E-state index contributed by atoms with van der Waals surface area (Å²) in [5.41, 5.74) is 0. The number of nitrogens with one attached hydrogen (secondary N) is 1. The van der Waals surface area contributed by atoms with Gasteiger partial charge in [0.25, 0.3) is 0 Å². The number of halogens is 1. The third-order valence-corrected chi connectivity index (χ3v) is 3.98. The van der Waals surface area contributed by atoms with Crippen LogP contribution in [0.2, 0.25) is 5.15 Å².